The Morgan fingerprint density at radius 3 is 2.48 bits per heavy atom. The van der Waals surface area contributed by atoms with Gasteiger partial charge in [0.1, 0.15) is 11.5 Å². The summed E-state index contributed by atoms with van der Waals surface area (Å²) in [6.07, 6.45) is 1.52. The van der Waals surface area contributed by atoms with Gasteiger partial charge in [-0.15, -0.1) is 0 Å². The molecule has 0 unspecified atom stereocenters. The summed E-state index contributed by atoms with van der Waals surface area (Å²) in [5.74, 6) is -0.960. The number of nitrogens with zero attached hydrogens (tertiary/aromatic N) is 2. The first-order valence-corrected chi connectivity index (χ1v) is 7.10. The van der Waals surface area contributed by atoms with Crippen molar-refractivity contribution < 1.29 is 19.5 Å². The number of amides is 2. The van der Waals surface area contributed by atoms with Gasteiger partial charge in [0.05, 0.1) is 12.1 Å². The molecule has 1 heterocycles. The number of benzene rings is 1. The Labute approximate surface area is 133 Å². The van der Waals surface area contributed by atoms with E-state index < -0.39 is 5.97 Å². The lowest BCUT2D eigenvalue weighted by molar-refractivity contribution is -0.136. The molecule has 2 N–H and O–H groups in total. The average Bonchev–Trinajstić information content (AvgIpc) is 2.81. The Morgan fingerprint density at radius 2 is 1.96 bits per heavy atom. The lowest BCUT2D eigenvalue weighted by Crippen LogP contribution is -2.30. The smallest absolute Gasteiger partial charge is 0.305 e. The van der Waals surface area contributed by atoms with Crippen LogP contribution >= 0.6 is 0 Å². The van der Waals surface area contributed by atoms with Crippen LogP contribution in [0.25, 0.3) is 0 Å². The summed E-state index contributed by atoms with van der Waals surface area (Å²) in [6, 6.07) is 6.47. The molecule has 0 aromatic heterocycles. The second-order valence-electron chi connectivity index (χ2n) is 4.92. The highest BCUT2D eigenvalue weighted by Gasteiger charge is 2.28. The van der Waals surface area contributed by atoms with Gasteiger partial charge in [-0.1, -0.05) is 6.08 Å². The van der Waals surface area contributed by atoms with Crippen molar-refractivity contribution in [1.29, 1.82) is 0 Å². The van der Waals surface area contributed by atoms with Gasteiger partial charge in [0.15, 0.2) is 0 Å². The lowest BCUT2D eigenvalue weighted by atomic mass is 10.1. The minimum atomic E-state index is -0.970. The molecule has 0 bridgehead atoms. The standard InChI is InChI=1S/C16H17N3O4/c1-3-13-16(23)19(10(2)18-13)12-6-4-11(5-7-12)15(22)17-9-8-14(20)21/h3-7H,8-9H2,1-2H3,(H,17,22)(H,20,21)/b13-3-. The van der Waals surface area contributed by atoms with Gasteiger partial charge in [-0.25, -0.2) is 4.99 Å². The van der Waals surface area contributed by atoms with Crippen LogP contribution in [0, 0.1) is 0 Å². The number of aliphatic imine (C=N–C) groups is 1. The highest BCUT2D eigenvalue weighted by atomic mass is 16.4. The molecular formula is C16H17N3O4. The summed E-state index contributed by atoms with van der Waals surface area (Å²) >= 11 is 0. The van der Waals surface area contributed by atoms with Crippen LogP contribution in [-0.2, 0) is 9.59 Å². The third-order valence-corrected chi connectivity index (χ3v) is 3.31. The molecular weight excluding hydrogens is 298 g/mol. The molecule has 120 valence electrons. The maximum atomic E-state index is 12.2. The highest BCUT2D eigenvalue weighted by Crippen LogP contribution is 2.23. The maximum Gasteiger partial charge on any atom is 0.305 e. The number of carboxylic acids is 1. The summed E-state index contributed by atoms with van der Waals surface area (Å²) in [4.78, 5) is 40.1. The number of carbonyl (C=O) groups excluding carboxylic acids is 2. The number of rotatable bonds is 5. The van der Waals surface area contributed by atoms with E-state index in [0.29, 0.717) is 22.8 Å². The fourth-order valence-electron chi connectivity index (χ4n) is 2.17. The van der Waals surface area contributed by atoms with E-state index in [1.807, 2.05) is 0 Å². The first-order chi connectivity index (χ1) is 10.9. The van der Waals surface area contributed by atoms with Gasteiger partial charge < -0.3 is 10.4 Å². The third kappa shape index (κ3) is 3.63. The van der Waals surface area contributed by atoms with Crippen molar-refractivity contribution in [2.45, 2.75) is 20.3 Å². The van der Waals surface area contributed by atoms with Crippen LogP contribution in [0.15, 0.2) is 41.0 Å². The van der Waals surface area contributed by atoms with Crippen molar-refractivity contribution in [1.82, 2.24) is 5.32 Å². The molecule has 0 spiro atoms. The number of hydrogen-bond donors (Lipinski definition) is 2. The Bertz CT molecular complexity index is 703. The van der Waals surface area contributed by atoms with Crippen LogP contribution in [0.4, 0.5) is 5.69 Å². The zero-order valence-electron chi connectivity index (χ0n) is 12.9. The molecule has 0 saturated heterocycles. The van der Waals surface area contributed by atoms with E-state index in [-0.39, 0.29) is 24.8 Å². The predicted octanol–water partition coefficient (Wildman–Crippen LogP) is 1.56. The normalized spacial score (nSPS) is 15.7. The zero-order chi connectivity index (χ0) is 17.0. The van der Waals surface area contributed by atoms with Crippen molar-refractivity contribution in [2.24, 2.45) is 4.99 Å². The molecule has 2 rings (SSSR count). The van der Waals surface area contributed by atoms with Crippen molar-refractivity contribution in [3.05, 3.63) is 41.6 Å². The minimum Gasteiger partial charge on any atom is -0.481 e. The average molecular weight is 315 g/mol. The second kappa shape index (κ2) is 6.87. The number of anilines is 1. The maximum absolute atomic E-state index is 12.2. The summed E-state index contributed by atoms with van der Waals surface area (Å²) in [5.41, 5.74) is 1.40. The molecule has 0 radical (unpaired) electrons. The molecule has 23 heavy (non-hydrogen) atoms. The molecule has 0 atom stereocenters. The Hall–Kier alpha value is -2.96. The van der Waals surface area contributed by atoms with E-state index in [2.05, 4.69) is 10.3 Å². The molecule has 0 fully saturated rings. The molecule has 1 aromatic carbocycles. The summed E-state index contributed by atoms with van der Waals surface area (Å²) in [6.45, 7) is 3.55. The second-order valence-corrected chi connectivity index (χ2v) is 4.92. The first-order valence-electron chi connectivity index (χ1n) is 7.10. The van der Waals surface area contributed by atoms with Crippen LogP contribution < -0.4 is 10.2 Å². The number of allylic oxidation sites excluding steroid dienone is 1. The summed E-state index contributed by atoms with van der Waals surface area (Å²) in [5, 5.41) is 11.1. The number of carbonyl (C=O) groups is 3. The molecule has 0 aliphatic carbocycles. The highest BCUT2D eigenvalue weighted by molar-refractivity contribution is 6.26. The molecule has 7 nitrogen and oxygen atoms in total. The van der Waals surface area contributed by atoms with Gasteiger partial charge in [-0.2, -0.15) is 0 Å². The number of aliphatic carboxylic acids is 1. The minimum absolute atomic E-state index is 0.0664. The van der Waals surface area contributed by atoms with Crippen molar-refractivity contribution in [3.8, 4) is 0 Å². The summed E-state index contributed by atoms with van der Waals surface area (Å²) in [7, 11) is 0. The number of hydrogen-bond acceptors (Lipinski definition) is 4. The molecule has 0 saturated carbocycles. The van der Waals surface area contributed by atoms with Gasteiger partial charge >= 0.3 is 5.97 Å². The van der Waals surface area contributed by atoms with Crippen molar-refractivity contribution in [3.63, 3.8) is 0 Å². The van der Waals surface area contributed by atoms with Gasteiger partial charge in [0.2, 0.25) is 0 Å². The van der Waals surface area contributed by atoms with Crippen LogP contribution in [0.5, 0.6) is 0 Å². The van der Waals surface area contributed by atoms with Gasteiger partial charge in [-0.05, 0) is 38.1 Å². The van der Waals surface area contributed by atoms with Crippen LogP contribution in [0.2, 0.25) is 0 Å². The molecule has 1 aliphatic heterocycles. The fraction of sp³-hybridized carbons (Fsp3) is 0.250. The van der Waals surface area contributed by atoms with Gasteiger partial charge in [0.25, 0.3) is 11.8 Å². The molecule has 1 aliphatic rings. The molecule has 7 heteroatoms. The first kappa shape index (κ1) is 16.4. The largest absolute Gasteiger partial charge is 0.481 e. The monoisotopic (exact) mass is 315 g/mol. The van der Waals surface area contributed by atoms with E-state index in [4.69, 9.17) is 5.11 Å². The lowest BCUT2D eigenvalue weighted by Gasteiger charge is -2.16. The Balaban J connectivity index is 2.08. The number of amidine groups is 1. The Kier molecular flexibility index (Phi) is 4.90. The van der Waals surface area contributed by atoms with Crippen LogP contribution in [0.3, 0.4) is 0 Å². The fourth-order valence-corrected chi connectivity index (χ4v) is 2.17. The van der Waals surface area contributed by atoms with Crippen molar-refractivity contribution >= 4 is 29.3 Å². The zero-order valence-corrected chi connectivity index (χ0v) is 12.9. The SMILES string of the molecule is C/C=C1\N=C(C)N(c2ccc(C(=O)NCCC(=O)O)cc2)C1=O. The third-order valence-electron chi connectivity index (χ3n) is 3.31. The topological polar surface area (TPSA) is 99.1 Å². The van der Waals surface area contributed by atoms with E-state index >= 15 is 0 Å². The number of carboxylic acid groups (broad SMARTS) is 1. The van der Waals surface area contributed by atoms with E-state index in [1.54, 1.807) is 44.2 Å². The van der Waals surface area contributed by atoms with Gasteiger partial charge in [-0.3, -0.25) is 19.3 Å². The van der Waals surface area contributed by atoms with E-state index in [1.165, 1.54) is 4.90 Å². The van der Waals surface area contributed by atoms with E-state index in [0.717, 1.165) is 0 Å². The van der Waals surface area contributed by atoms with Gasteiger partial charge in [0, 0.05) is 12.1 Å². The molecule has 1 aromatic rings. The quantitative estimate of drug-likeness (QED) is 0.805. The Morgan fingerprint density at radius 1 is 1.30 bits per heavy atom. The van der Waals surface area contributed by atoms with Crippen LogP contribution in [-0.4, -0.2) is 35.3 Å². The molecule has 2 amide bonds. The summed E-state index contributed by atoms with van der Waals surface area (Å²) < 4.78 is 0. The van der Waals surface area contributed by atoms with Crippen molar-refractivity contribution in [2.75, 3.05) is 11.4 Å². The predicted molar refractivity (Wildman–Crippen MR) is 85.4 cm³/mol. The number of nitrogens with one attached hydrogen (secondary N) is 1. The van der Waals surface area contributed by atoms with Crippen LogP contribution in [0.1, 0.15) is 30.6 Å². The van der Waals surface area contributed by atoms with E-state index in [9.17, 15) is 14.4 Å².